The molecule has 1 heterocycles. The molecule has 0 atom stereocenters. The Morgan fingerprint density at radius 3 is 2.42 bits per heavy atom. The molecule has 0 bridgehead atoms. The van der Waals surface area contributed by atoms with Crippen LogP contribution in [0.4, 0.5) is 11.8 Å². The molecule has 0 saturated carbocycles. The summed E-state index contributed by atoms with van der Waals surface area (Å²) < 4.78 is 0. The lowest BCUT2D eigenvalue weighted by molar-refractivity contribution is 0.567. The maximum Gasteiger partial charge on any atom is 0.222 e. The summed E-state index contributed by atoms with van der Waals surface area (Å²) in [5.74, 6) is 1.84. The van der Waals surface area contributed by atoms with Crippen LogP contribution in [0.5, 0.6) is 0 Å². The van der Waals surface area contributed by atoms with Gasteiger partial charge in [0.05, 0.1) is 5.52 Å². The molecule has 1 aromatic heterocycles. The van der Waals surface area contributed by atoms with E-state index in [0.717, 1.165) is 23.3 Å². The van der Waals surface area contributed by atoms with Gasteiger partial charge < -0.3 is 10.6 Å². The van der Waals surface area contributed by atoms with E-state index in [-0.39, 0.29) is 0 Å². The molecule has 0 unspecified atom stereocenters. The van der Waals surface area contributed by atoms with Crippen molar-refractivity contribution in [3.63, 3.8) is 0 Å². The molecule has 0 amide bonds. The van der Waals surface area contributed by atoms with Gasteiger partial charge in [-0.3, -0.25) is 0 Å². The molecule has 102 valence electrons. The second-order valence-electron chi connectivity index (χ2n) is 5.56. The lowest BCUT2D eigenvalue weighted by Gasteiger charge is -2.30. The second kappa shape index (κ2) is 5.43. The summed E-state index contributed by atoms with van der Waals surface area (Å²) >= 11 is 0. The first-order chi connectivity index (χ1) is 8.99. The first-order valence-corrected chi connectivity index (χ1v) is 6.78. The summed E-state index contributed by atoms with van der Waals surface area (Å²) in [5, 5.41) is 1.06. The number of para-hydroxylation sites is 1. The van der Waals surface area contributed by atoms with Crippen molar-refractivity contribution in [1.82, 2.24) is 9.97 Å². The molecule has 0 aliphatic carbocycles. The Kier molecular flexibility index (Phi) is 3.88. The molecular formula is C15H22N4. The Hall–Kier alpha value is -1.84. The SMILES string of the molecule is CC(C)CN(c1nc(N)nc2ccccc12)C(C)C. The van der Waals surface area contributed by atoms with Gasteiger partial charge in [-0.25, -0.2) is 4.98 Å². The largest absolute Gasteiger partial charge is 0.368 e. The van der Waals surface area contributed by atoms with Crippen LogP contribution in [0.3, 0.4) is 0 Å². The van der Waals surface area contributed by atoms with Crippen LogP contribution in [-0.2, 0) is 0 Å². The lowest BCUT2D eigenvalue weighted by atomic mass is 10.1. The number of nitrogen functional groups attached to an aromatic ring is 1. The molecule has 2 aromatic rings. The molecule has 0 aliphatic rings. The number of nitrogens with two attached hydrogens (primary N) is 1. The highest BCUT2D eigenvalue weighted by atomic mass is 15.2. The number of fused-ring (bicyclic) bond motifs is 1. The van der Waals surface area contributed by atoms with Gasteiger partial charge in [0.1, 0.15) is 5.82 Å². The molecule has 0 spiro atoms. The normalized spacial score (nSPS) is 11.5. The Labute approximate surface area is 114 Å². The van der Waals surface area contributed by atoms with Crippen molar-refractivity contribution in [2.24, 2.45) is 5.92 Å². The van der Waals surface area contributed by atoms with E-state index in [1.54, 1.807) is 0 Å². The first-order valence-electron chi connectivity index (χ1n) is 6.78. The zero-order valence-corrected chi connectivity index (χ0v) is 12.1. The van der Waals surface area contributed by atoms with Crippen LogP contribution in [0.2, 0.25) is 0 Å². The molecule has 0 saturated heterocycles. The van der Waals surface area contributed by atoms with E-state index in [4.69, 9.17) is 5.73 Å². The molecule has 2 rings (SSSR count). The number of anilines is 2. The van der Waals surface area contributed by atoms with E-state index < -0.39 is 0 Å². The average molecular weight is 258 g/mol. The Balaban J connectivity index is 2.58. The van der Waals surface area contributed by atoms with Gasteiger partial charge in [0, 0.05) is 18.0 Å². The fraction of sp³-hybridized carbons (Fsp3) is 0.467. The van der Waals surface area contributed by atoms with Crippen molar-refractivity contribution in [3.05, 3.63) is 24.3 Å². The molecule has 19 heavy (non-hydrogen) atoms. The van der Waals surface area contributed by atoms with Crippen LogP contribution in [0.25, 0.3) is 10.9 Å². The predicted molar refractivity (Wildman–Crippen MR) is 81.3 cm³/mol. The highest BCUT2D eigenvalue weighted by Gasteiger charge is 2.17. The molecule has 4 heteroatoms. The van der Waals surface area contributed by atoms with Crippen LogP contribution in [0.1, 0.15) is 27.7 Å². The van der Waals surface area contributed by atoms with E-state index in [2.05, 4.69) is 48.6 Å². The first kappa shape index (κ1) is 13.6. The van der Waals surface area contributed by atoms with E-state index in [0.29, 0.717) is 17.9 Å². The van der Waals surface area contributed by atoms with Crippen LogP contribution < -0.4 is 10.6 Å². The summed E-state index contributed by atoms with van der Waals surface area (Å²) in [7, 11) is 0. The quantitative estimate of drug-likeness (QED) is 0.915. The number of hydrogen-bond donors (Lipinski definition) is 1. The minimum atomic E-state index is 0.336. The standard InChI is InChI=1S/C15H22N4/c1-10(2)9-19(11(3)4)14-12-7-5-6-8-13(12)17-15(16)18-14/h5-8,10-11H,9H2,1-4H3,(H2,16,17,18). The topological polar surface area (TPSA) is 55.0 Å². The smallest absolute Gasteiger partial charge is 0.222 e. The van der Waals surface area contributed by atoms with E-state index in [9.17, 15) is 0 Å². The molecule has 0 fully saturated rings. The van der Waals surface area contributed by atoms with Gasteiger partial charge >= 0.3 is 0 Å². The van der Waals surface area contributed by atoms with Crippen LogP contribution in [0, 0.1) is 5.92 Å². The highest BCUT2D eigenvalue weighted by Crippen LogP contribution is 2.26. The van der Waals surface area contributed by atoms with Gasteiger partial charge in [0.15, 0.2) is 0 Å². The highest BCUT2D eigenvalue weighted by molar-refractivity contribution is 5.90. The molecule has 1 aromatic carbocycles. The summed E-state index contributed by atoms with van der Waals surface area (Å²) in [6, 6.07) is 8.39. The minimum absolute atomic E-state index is 0.336. The number of rotatable bonds is 4. The minimum Gasteiger partial charge on any atom is -0.368 e. The Morgan fingerprint density at radius 2 is 1.79 bits per heavy atom. The summed E-state index contributed by atoms with van der Waals surface area (Å²) in [6.45, 7) is 9.73. The van der Waals surface area contributed by atoms with Gasteiger partial charge in [-0.15, -0.1) is 0 Å². The third-order valence-electron chi connectivity index (χ3n) is 3.06. The van der Waals surface area contributed by atoms with Crippen molar-refractivity contribution in [2.75, 3.05) is 17.2 Å². The Morgan fingerprint density at radius 1 is 1.11 bits per heavy atom. The van der Waals surface area contributed by atoms with Gasteiger partial charge in [-0.05, 0) is 31.9 Å². The van der Waals surface area contributed by atoms with Crippen molar-refractivity contribution in [3.8, 4) is 0 Å². The number of benzene rings is 1. The average Bonchev–Trinajstić information content (AvgIpc) is 2.34. The van der Waals surface area contributed by atoms with Gasteiger partial charge in [-0.1, -0.05) is 26.0 Å². The van der Waals surface area contributed by atoms with Gasteiger partial charge in [0.25, 0.3) is 0 Å². The second-order valence-corrected chi connectivity index (χ2v) is 5.56. The molecular weight excluding hydrogens is 236 g/mol. The molecule has 0 radical (unpaired) electrons. The van der Waals surface area contributed by atoms with Gasteiger partial charge in [0.2, 0.25) is 5.95 Å². The van der Waals surface area contributed by atoms with Gasteiger partial charge in [-0.2, -0.15) is 4.98 Å². The van der Waals surface area contributed by atoms with E-state index in [1.807, 2.05) is 18.2 Å². The molecule has 0 aliphatic heterocycles. The zero-order valence-electron chi connectivity index (χ0n) is 12.1. The van der Waals surface area contributed by atoms with Crippen molar-refractivity contribution in [1.29, 1.82) is 0 Å². The number of hydrogen-bond acceptors (Lipinski definition) is 4. The summed E-state index contributed by atoms with van der Waals surface area (Å²) in [5.41, 5.74) is 6.75. The maximum atomic E-state index is 5.84. The van der Waals surface area contributed by atoms with Crippen molar-refractivity contribution in [2.45, 2.75) is 33.7 Å². The van der Waals surface area contributed by atoms with Crippen LogP contribution in [-0.4, -0.2) is 22.6 Å². The van der Waals surface area contributed by atoms with Crippen LogP contribution >= 0.6 is 0 Å². The third-order valence-corrected chi connectivity index (χ3v) is 3.06. The Bertz CT molecular complexity index is 563. The number of nitrogens with zero attached hydrogens (tertiary/aromatic N) is 3. The zero-order chi connectivity index (χ0) is 14.0. The van der Waals surface area contributed by atoms with E-state index >= 15 is 0 Å². The molecule has 4 nitrogen and oxygen atoms in total. The van der Waals surface area contributed by atoms with Crippen LogP contribution in [0.15, 0.2) is 24.3 Å². The van der Waals surface area contributed by atoms with E-state index in [1.165, 1.54) is 0 Å². The summed E-state index contributed by atoms with van der Waals surface area (Å²) in [4.78, 5) is 11.1. The van der Waals surface area contributed by atoms with Crippen molar-refractivity contribution >= 4 is 22.7 Å². The van der Waals surface area contributed by atoms with Crippen molar-refractivity contribution < 1.29 is 0 Å². The predicted octanol–water partition coefficient (Wildman–Crippen LogP) is 3.08. The fourth-order valence-electron chi connectivity index (χ4n) is 2.23. The molecule has 2 N–H and O–H groups in total. The maximum absolute atomic E-state index is 5.84. The third kappa shape index (κ3) is 2.95. The number of aromatic nitrogens is 2. The fourth-order valence-corrected chi connectivity index (χ4v) is 2.23. The summed E-state index contributed by atoms with van der Waals surface area (Å²) in [6.07, 6.45) is 0. The lowest BCUT2D eigenvalue weighted by Crippen LogP contribution is -2.35. The monoisotopic (exact) mass is 258 g/mol.